The van der Waals surface area contributed by atoms with Gasteiger partial charge in [-0.2, -0.15) is 0 Å². The summed E-state index contributed by atoms with van der Waals surface area (Å²) in [5.74, 6) is 0.953. The molecule has 118 valence electrons. The smallest absolute Gasteiger partial charge is 0.287 e. The van der Waals surface area contributed by atoms with E-state index in [1.165, 1.54) is 0 Å². The van der Waals surface area contributed by atoms with Gasteiger partial charge in [0.2, 0.25) is 0 Å². The Morgan fingerprint density at radius 2 is 2.32 bits per heavy atom. The first-order chi connectivity index (χ1) is 10.7. The summed E-state index contributed by atoms with van der Waals surface area (Å²) < 4.78 is 16.7. The van der Waals surface area contributed by atoms with Crippen molar-refractivity contribution in [1.82, 2.24) is 5.32 Å². The molecule has 0 bridgehead atoms. The molecule has 2 aromatic rings. The molecule has 5 heteroatoms. The van der Waals surface area contributed by atoms with Gasteiger partial charge in [-0.3, -0.25) is 4.79 Å². The van der Waals surface area contributed by atoms with Gasteiger partial charge in [-0.1, -0.05) is 0 Å². The van der Waals surface area contributed by atoms with E-state index in [-0.39, 0.29) is 12.0 Å². The minimum atomic E-state index is -0.192. The van der Waals surface area contributed by atoms with Crippen LogP contribution in [0.3, 0.4) is 0 Å². The lowest BCUT2D eigenvalue weighted by Crippen LogP contribution is -2.31. The Hall–Kier alpha value is -2.01. The van der Waals surface area contributed by atoms with Crippen LogP contribution in [0.2, 0.25) is 0 Å². The summed E-state index contributed by atoms with van der Waals surface area (Å²) in [5, 5.41) is 3.80. The van der Waals surface area contributed by atoms with Crippen LogP contribution in [0, 0.1) is 6.92 Å². The van der Waals surface area contributed by atoms with Gasteiger partial charge in [-0.25, -0.2) is 0 Å². The van der Waals surface area contributed by atoms with Gasteiger partial charge < -0.3 is 19.2 Å². The number of rotatable bonds is 5. The van der Waals surface area contributed by atoms with E-state index in [0.29, 0.717) is 24.5 Å². The molecule has 1 aliphatic rings. The number of ether oxygens (including phenoxy) is 2. The average molecular weight is 303 g/mol. The average Bonchev–Trinajstić information content (AvgIpc) is 3.14. The second-order valence-electron chi connectivity index (χ2n) is 5.49. The number of furan rings is 1. The van der Waals surface area contributed by atoms with E-state index in [1.807, 2.05) is 32.0 Å². The zero-order chi connectivity index (χ0) is 15.5. The van der Waals surface area contributed by atoms with Crippen LogP contribution < -0.4 is 10.1 Å². The zero-order valence-corrected chi connectivity index (χ0v) is 13.0. The summed E-state index contributed by atoms with van der Waals surface area (Å²) in [4.78, 5) is 12.3. The molecule has 1 aliphatic heterocycles. The number of aryl methyl sites for hydroxylation is 1. The molecule has 0 radical (unpaired) electrons. The van der Waals surface area contributed by atoms with Crippen molar-refractivity contribution in [2.24, 2.45) is 0 Å². The first-order valence-corrected chi connectivity index (χ1v) is 7.74. The number of carbonyl (C=O) groups excluding carboxylic acids is 1. The standard InChI is InChI=1S/C17H21NO4/c1-3-20-12-6-7-15-14(9-12)11(2)16(22-15)17(19)18-10-13-5-4-8-21-13/h6-7,9,13H,3-5,8,10H2,1-2H3,(H,18,19)/t13-/m1/s1. The van der Waals surface area contributed by atoms with Crippen LogP contribution in [-0.4, -0.2) is 31.8 Å². The first-order valence-electron chi connectivity index (χ1n) is 7.74. The predicted molar refractivity (Wildman–Crippen MR) is 83.4 cm³/mol. The number of hydrogen-bond donors (Lipinski definition) is 1. The molecular formula is C17H21NO4. The van der Waals surface area contributed by atoms with Crippen LogP contribution in [0.4, 0.5) is 0 Å². The first kappa shape index (κ1) is 14.9. The third-order valence-electron chi connectivity index (χ3n) is 3.94. The molecule has 3 rings (SSSR count). The maximum absolute atomic E-state index is 12.3. The molecular weight excluding hydrogens is 282 g/mol. The molecule has 1 atom stereocenters. The monoisotopic (exact) mass is 303 g/mol. The molecule has 1 saturated heterocycles. The maximum Gasteiger partial charge on any atom is 0.287 e. The number of hydrogen-bond acceptors (Lipinski definition) is 4. The highest BCUT2D eigenvalue weighted by Gasteiger charge is 2.21. The fourth-order valence-corrected chi connectivity index (χ4v) is 2.77. The fourth-order valence-electron chi connectivity index (χ4n) is 2.77. The van der Waals surface area contributed by atoms with Gasteiger partial charge in [0.25, 0.3) is 5.91 Å². The SMILES string of the molecule is CCOc1ccc2oc(C(=O)NC[C@H]3CCCO3)c(C)c2c1. The third kappa shape index (κ3) is 2.95. The molecule has 1 amide bonds. The zero-order valence-electron chi connectivity index (χ0n) is 13.0. The second kappa shape index (κ2) is 6.40. The highest BCUT2D eigenvalue weighted by Crippen LogP contribution is 2.28. The second-order valence-corrected chi connectivity index (χ2v) is 5.49. The van der Waals surface area contributed by atoms with E-state index in [1.54, 1.807) is 0 Å². The van der Waals surface area contributed by atoms with Gasteiger partial charge in [0.1, 0.15) is 11.3 Å². The van der Waals surface area contributed by atoms with E-state index in [0.717, 1.165) is 36.1 Å². The molecule has 0 spiro atoms. The van der Waals surface area contributed by atoms with Crippen LogP contribution in [-0.2, 0) is 4.74 Å². The number of nitrogens with one attached hydrogen (secondary N) is 1. The normalized spacial score (nSPS) is 17.8. The number of fused-ring (bicyclic) bond motifs is 1. The Morgan fingerprint density at radius 3 is 3.05 bits per heavy atom. The van der Waals surface area contributed by atoms with E-state index in [2.05, 4.69) is 5.32 Å². The molecule has 1 aromatic carbocycles. The molecule has 0 unspecified atom stereocenters. The van der Waals surface area contributed by atoms with E-state index in [9.17, 15) is 4.79 Å². The van der Waals surface area contributed by atoms with Crippen molar-refractivity contribution in [3.05, 3.63) is 29.5 Å². The molecule has 0 saturated carbocycles. The van der Waals surface area contributed by atoms with Gasteiger partial charge >= 0.3 is 0 Å². The van der Waals surface area contributed by atoms with Crippen LogP contribution in [0.5, 0.6) is 5.75 Å². The van der Waals surface area contributed by atoms with Crippen LogP contribution in [0.15, 0.2) is 22.6 Å². The molecule has 0 aliphatic carbocycles. The minimum Gasteiger partial charge on any atom is -0.494 e. The third-order valence-corrected chi connectivity index (χ3v) is 3.94. The summed E-state index contributed by atoms with van der Waals surface area (Å²) in [6.45, 7) is 5.75. The lowest BCUT2D eigenvalue weighted by Gasteiger charge is -2.09. The summed E-state index contributed by atoms with van der Waals surface area (Å²) in [7, 11) is 0. The minimum absolute atomic E-state index is 0.123. The lowest BCUT2D eigenvalue weighted by atomic mass is 10.1. The Morgan fingerprint density at radius 1 is 1.45 bits per heavy atom. The number of amides is 1. The van der Waals surface area contributed by atoms with E-state index in [4.69, 9.17) is 13.9 Å². The highest BCUT2D eigenvalue weighted by atomic mass is 16.5. The van der Waals surface area contributed by atoms with Gasteiger partial charge in [0.15, 0.2) is 5.76 Å². The highest BCUT2D eigenvalue weighted by molar-refractivity contribution is 5.99. The summed E-state index contributed by atoms with van der Waals surface area (Å²) in [5.41, 5.74) is 1.53. The van der Waals surface area contributed by atoms with Gasteiger partial charge in [-0.15, -0.1) is 0 Å². The molecule has 1 aromatic heterocycles. The van der Waals surface area contributed by atoms with Gasteiger partial charge in [0, 0.05) is 24.1 Å². The number of benzene rings is 1. The van der Waals surface area contributed by atoms with Crippen LogP contribution in [0.25, 0.3) is 11.0 Å². The van der Waals surface area contributed by atoms with Crippen molar-refractivity contribution in [1.29, 1.82) is 0 Å². The van der Waals surface area contributed by atoms with Crippen molar-refractivity contribution < 1.29 is 18.7 Å². The Bertz CT molecular complexity index is 671. The fraction of sp³-hybridized carbons (Fsp3) is 0.471. The van der Waals surface area contributed by atoms with Gasteiger partial charge in [0.05, 0.1) is 12.7 Å². The predicted octanol–water partition coefficient (Wildman–Crippen LogP) is 3.05. The summed E-state index contributed by atoms with van der Waals surface area (Å²) >= 11 is 0. The lowest BCUT2D eigenvalue weighted by molar-refractivity contribution is 0.0836. The molecule has 1 fully saturated rings. The molecule has 22 heavy (non-hydrogen) atoms. The van der Waals surface area contributed by atoms with Crippen LogP contribution in [0.1, 0.15) is 35.9 Å². The Labute approximate surface area is 129 Å². The van der Waals surface area contributed by atoms with E-state index >= 15 is 0 Å². The summed E-state index contributed by atoms with van der Waals surface area (Å²) in [6.07, 6.45) is 2.18. The quantitative estimate of drug-likeness (QED) is 0.922. The molecule has 5 nitrogen and oxygen atoms in total. The van der Waals surface area contributed by atoms with Crippen molar-refractivity contribution in [2.45, 2.75) is 32.8 Å². The maximum atomic E-state index is 12.3. The Kier molecular flexibility index (Phi) is 4.34. The van der Waals surface area contributed by atoms with Gasteiger partial charge in [-0.05, 0) is 44.9 Å². The largest absolute Gasteiger partial charge is 0.494 e. The molecule has 2 heterocycles. The van der Waals surface area contributed by atoms with Crippen LogP contribution >= 0.6 is 0 Å². The Balaban J connectivity index is 1.77. The van der Waals surface area contributed by atoms with Crippen molar-refractivity contribution in [3.8, 4) is 5.75 Å². The van der Waals surface area contributed by atoms with Crippen molar-refractivity contribution in [2.75, 3.05) is 19.8 Å². The van der Waals surface area contributed by atoms with Crippen molar-refractivity contribution in [3.63, 3.8) is 0 Å². The summed E-state index contributed by atoms with van der Waals surface area (Å²) in [6, 6.07) is 5.60. The molecule has 1 N–H and O–H groups in total. The van der Waals surface area contributed by atoms with Crippen molar-refractivity contribution >= 4 is 16.9 Å². The topological polar surface area (TPSA) is 60.7 Å². The number of carbonyl (C=O) groups is 1. The van der Waals surface area contributed by atoms with E-state index < -0.39 is 0 Å².